The maximum atomic E-state index is 12.3. The second-order valence-corrected chi connectivity index (χ2v) is 6.11. The van der Waals surface area contributed by atoms with Gasteiger partial charge >= 0.3 is 0 Å². The maximum Gasteiger partial charge on any atom is 0.228 e. The van der Waals surface area contributed by atoms with Gasteiger partial charge in [0.1, 0.15) is 0 Å². The molecule has 0 saturated heterocycles. The molecule has 0 aromatic carbocycles. The van der Waals surface area contributed by atoms with Crippen LogP contribution >= 0.6 is 11.3 Å². The van der Waals surface area contributed by atoms with E-state index in [1.165, 1.54) is 4.88 Å². The molecule has 1 saturated carbocycles. The van der Waals surface area contributed by atoms with Gasteiger partial charge in [-0.3, -0.25) is 4.79 Å². The summed E-state index contributed by atoms with van der Waals surface area (Å²) < 4.78 is 0. The smallest absolute Gasteiger partial charge is 0.228 e. The Hall–Kier alpha value is -0.870. The zero-order valence-corrected chi connectivity index (χ0v) is 11.2. The third kappa shape index (κ3) is 2.38. The number of nitrogens with one attached hydrogen (secondary N) is 1. The van der Waals surface area contributed by atoms with Crippen LogP contribution in [0.4, 0.5) is 0 Å². The third-order valence-electron chi connectivity index (χ3n) is 3.87. The van der Waals surface area contributed by atoms with Crippen molar-refractivity contribution >= 4 is 17.2 Å². The second kappa shape index (κ2) is 4.78. The standard InChI is InChI=1S/C13H20N2OS/c1-9(10-5-4-8-17-10)15-12(16)13(2)7-3-6-11(13)14/h4-5,8-9,11H,3,6-7,14H2,1-2H3,(H,15,16)/t9-,11?,13?/m0/s1. The SMILES string of the molecule is C[C@H](NC(=O)C1(C)CCCC1N)c1cccs1. The highest BCUT2D eigenvalue weighted by atomic mass is 32.1. The Balaban J connectivity index is 2.02. The number of rotatable bonds is 3. The molecule has 1 aliphatic rings. The molecule has 3 nitrogen and oxygen atoms in total. The van der Waals surface area contributed by atoms with Crippen LogP contribution in [0.3, 0.4) is 0 Å². The van der Waals surface area contributed by atoms with Crippen LogP contribution in [-0.4, -0.2) is 11.9 Å². The van der Waals surface area contributed by atoms with E-state index in [0.717, 1.165) is 19.3 Å². The molecule has 0 radical (unpaired) electrons. The first-order valence-corrected chi connectivity index (χ1v) is 7.02. The number of amides is 1. The third-order valence-corrected chi connectivity index (χ3v) is 4.92. The van der Waals surface area contributed by atoms with E-state index in [4.69, 9.17) is 5.73 Å². The molecule has 3 N–H and O–H groups in total. The quantitative estimate of drug-likeness (QED) is 0.868. The van der Waals surface area contributed by atoms with Gasteiger partial charge in [-0.25, -0.2) is 0 Å². The van der Waals surface area contributed by atoms with E-state index in [1.807, 2.05) is 31.4 Å². The van der Waals surface area contributed by atoms with Crippen LogP contribution in [0.15, 0.2) is 17.5 Å². The molecule has 1 aromatic heterocycles. The Morgan fingerprint density at radius 1 is 1.71 bits per heavy atom. The van der Waals surface area contributed by atoms with Crippen LogP contribution in [0, 0.1) is 5.41 Å². The van der Waals surface area contributed by atoms with Gasteiger partial charge in [-0.15, -0.1) is 11.3 Å². The van der Waals surface area contributed by atoms with Gasteiger partial charge in [-0.05, 0) is 38.1 Å². The first kappa shape index (κ1) is 12.6. The zero-order chi connectivity index (χ0) is 12.5. The highest BCUT2D eigenvalue weighted by Crippen LogP contribution is 2.37. The minimum absolute atomic E-state index is 0.00182. The molecule has 0 bridgehead atoms. The topological polar surface area (TPSA) is 55.1 Å². The monoisotopic (exact) mass is 252 g/mol. The maximum absolute atomic E-state index is 12.3. The zero-order valence-electron chi connectivity index (χ0n) is 10.4. The van der Waals surface area contributed by atoms with Crippen molar-refractivity contribution in [3.8, 4) is 0 Å². The van der Waals surface area contributed by atoms with E-state index in [-0.39, 0.29) is 23.4 Å². The molecular weight excluding hydrogens is 232 g/mol. The summed E-state index contributed by atoms with van der Waals surface area (Å²) in [6, 6.07) is 4.13. The van der Waals surface area contributed by atoms with Crippen LogP contribution < -0.4 is 11.1 Å². The Bertz CT molecular complexity index is 390. The lowest BCUT2D eigenvalue weighted by Gasteiger charge is -2.29. The Labute approximate surface area is 106 Å². The summed E-state index contributed by atoms with van der Waals surface area (Å²) in [4.78, 5) is 13.5. The number of thiophene rings is 1. The number of hydrogen-bond donors (Lipinski definition) is 2. The number of carbonyl (C=O) groups excluding carboxylic acids is 1. The van der Waals surface area contributed by atoms with Crippen LogP contribution in [0.25, 0.3) is 0 Å². The van der Waals surface area contributed by atoms with Crippen molar-refractivity contribution in [2.75, 3.05) is 0 Å². The molecule has 4 heteroatoms. The summed E-state index contributed by atoms with van der Waals surface area (Å²) in [5.41, 5.74) is 5.67. The normalized spacial score (nSPS) is 30.2. The highest BCUT2D eigenvalue weighted by Gasteiger charge is 2.43. The Morgan fingerprint density at radius 3 is 3.00 bits per heavy atom. The average Bonchev–Trinajstić information content (AvgIpc) is 2.90. The first-order chi connectivity index (χ1) is 8.04. The van der Waals surface area contributed by atoms with Gasteiger partial charge in [0.05, 0.1) is 11.5 Å². The molecule has 1 amide bonds. The largest absolute Gasteiger partial charge is 0.348 e. The van der Waals surface area contributed by atoms with Gasteiger partial charge in [0.2, 0.25) is 5.91 Å². The van der Waals surface area contributed by atoms with Crippen molar-refractivity contribution in [3.05, 3.63) is 22.4 Å². The van der Waals surface area contributed by atoms with Crippen molar-refractivity contribution in [2.45, 2.75) is 45.2 Å². The number of nitrogens with two attached hydrogens (primary N) is 1. The predicted molar refractivity (Wildman–Crippen MR) is 70.8 cm³/mol. The summed E-state index contributed by atoms with van der Waals surface area (Å²) >= 11 is 1.67. The minimum atomic E-state index is -0.383. The molecule has 2 unspecified atom stereocenters. The highest BCUT2D eigenvalue weighted by molar-refractivity contribution is 7.10. The van der Waals surface area contributed by atoms with Crippen molar-refractivity contribution < 1.29 is 4.79 Å². The predicted octanol–water partition coefficient (Wildman–Crippen LogP) is 2.44. The fourth-order valence-electron chi connectivity index (χ4n) is 2.45. The van der Waals surface area contributed by atoms with Crippen LogP contribution in [0.2, 0.25) is 0 Å². The van der Waals surface area contributed by atoms with Gasteiger partial charge in [-0.1, -0.05) is 12.5 Å². The fourth-order valence-corrected chi connectivity index (χ4v) is 3.18. The van der Waals surface area contributed by atoms with Gasteiger partial charge in [0.25, 0.3) is 0 Å². The molecule has 3 atom stereocenters. The van der Waals surface area contributed by atoms with E-state index in [9.17, 15) is 4.79 Å². The van der Waals surface area contributed by atoms with Crippen molar-refractivity contribution in [3.63, 3.8) is 0 Å². The number of carbonyl (C=O) groups is 1. The van der Waals surface area contributed by atoms with E-state index in [0.29, 0.717) is 0 Å². The van der Waals surface area contributed by atoms with Crippen molar-refractivity contribution in [1.82, 2.24) is 5.32 Å². The number of hydrogen-bond acceptors (Lipinski definition) is 3. The summed E-state index contributed by atoms with van der Waals surface area (Å²) in [6.45, 7) is 4.01. The fraction of sp³-hybridized carbons (Fsp3) is 0.615. The van der Waals surface area contributed by atoms with Gasteiger partial charge in [-0.2, -0.15) is 0 Å². The second-order valence-electron chi connectivity index (χ2n) is 5.13. The van der Waals surface area contributed by atoms with E-state index in [1.54, 1.807) is 11.3 Å². The lowest BCUT2D eigenvalue weighted by Crippen LogP contribution is -2.47. The van der Waals surface area contributed by atoms with E-state index < -0.39 is 0 Å². The van der Waals surface area contributed by atoms with Gasteiger partial charge in [0.15, 0.2) is 0 Å². The summed E-state index contributed by atoms with van der Waals surface area (Å²) in [6.07, 6.45) is 2.91. The first-order valence-electron chi connectivity index (χ1n) is 6.14. The molecule has 0 spiro atoms. The lowest BCUT2D eigenvalue weighted by molar-refractivity contribution is -0.131. The van der Waals surface area contributed by atoms with Crippen LogP contribution in [0.1, 0.15) is 44.0 Å². The summed E-state index contributed by atoms with van der Waals surface area (Å²) in [5, 5.41) is 5.12. The van der Waals surface area contributed by atoms with E-state index in [2.05, 4.69) is 5.32 Å². The van der Waals surface area contributed by atoms with Crippen molar-refractivity contribution in [2.24, 2.45) is 11.1 Å². The van der Waals surface area contributed by atoms with Crippen LogP contribution in [0.5, 0.6) is 0 Å². The lowest BCUT2D eigenvalue weighted by atomic mass is 9.84. The summed E-state index contributed by atoms with van der Waals surface area (Å²) in [7, 11) is 0. The molecule has 1 fully saturated rings. The molecule has 94 valence electrons. The molecular formula is C13H20N2OS. The molecule has 2 rings (SSSR count). The molecule has 1 heterocycles. The summed E-state index contributed by atoms with van der Waals surface area (Å²) in [5.74, 6) is 0.100. The molecule has 1 aromatic rings. The molecule has 17 heavy (non-hydrogen) atoms. The van der Waals surface area contributed by atoms with E-state index >= 15 is 0 Å². The Morgan fingerprint density at radius 2 is 2.47 bits per heavy atom. The average molecular weight is 252 g/mol. The van der Waals surface area contributed by atoms with Crippen LogP contribution in [-0.2, 0) is 4.79 Å². The minimum Gasteiger partial charge on any atom is -0.348 e. The Kier molecular flexibility index (Phi) is 3.54. The molecule has 0 aliphatic heterocycles. The van der Waals surface area contributed by atoms with Crippen molar-refractivity contribution in [1.29, 1.82) is 0 Å². The van der Waals surface area contributed by atoms with Gasteiger partial charge in [0, 0.05) is 10.9 Å². The molecule has 1 aliphatic carbocycles. The van der Waals surface area contributed by atoms with Gasteiger partial charge < -0.3 is 11.1 Å².